The number of phenolic OH excluding ortho intramolecular Hbond substituents is 1. The number of halogens is 3. The largest absolute Gasteiger partial charge is 0.506 e. The van der Waals surface area contributed by atoms with Crippen molar-refractivity contribution in [1.29, 1.82) is 0 Å². The molecule has 2 aliphatic rings. The number of allylic oxidation sites excluding steroid dienone is 3. The summed E-state index contributed by atoms with van der Waals surface area (Å²) >= 11 is 0. The van der Waals surface area contributed by atoms with Crippen LogP contribution < -0.4 is 10.0 Å². The fourth-order valence-electron chi connectivity index (χ4n) is 4.57. The SMILES string of the molecule is CS(=O)(=O)Nc1cc(NC(=O)C2(F)C=CC(c3ccccc3)=C(OCCCN3CCC(F)(F)CC3)C2)ccc1O. The molecule has 216 valence electrons. The maximum Gasteiger partial charge on any atom is 0.266 e. The average molecular weight is 580 g/mol. The van der Waals surface area contributed by atoms with Crippen LogP contribution in [0.4, 0.5) is 24.5 Å². The predicted octanol–water partition coefficient (Wildman–Crippen LogP) is 4.92. The summed E-state index contributed by atoms with van der Waals surface area (Å²) in [6.07, 6.45) is 3.36. The predicted molar refractivity (Wildman–Crippen MR) is 147 cm³/mol. The summed E-state index contributed by atoms with van der Waals surface area (Å²) in [5, 5.41) is 12.4. The van der Waals surface area contributed by atoms with Crippen LogP contribution in [-0.2, 0) is 19.6 Å². The second-order valence-corrected chi connectivity index (χ2v) is 11.8. The number of benzene rings is 2. The molecule has 1 heterocycles. The zero-order valence-corrected chi connectivity index (χ0v) is 22.8. The lowest BCUT2D eigenvalue weighted by atomic mass is 9.88. The van der Waals surface area contributed by atoms with Gasteiger partial charge in [0.15, 0.2) is 0 Å². The Morgan fingerprint density at radius 2 is 1.80 bits per heavy atom. The van der Waals surface area contributed by atoms with Gasteiger partial charge in [-0.2, -0.15) is 0 Å². The summed E-state index contributed by atoms with van der Waals surface area (Å²) in [5.41, 5.74) is -1.16. The van der Waals surface area contributed by atoms with Crippen molar-refractivity contribution in [3.63, 3.8) is 0 Å². The van der Waals surface area contributed by atoms with Crippen LogP contribution in [0.15, 0.2) is 66.4 Å². The zero-order chi connectivity index (χ0) is 29.0. The molecule has 0 spiro atoms. The van der Waals surface area contributed by atoms with E-state index in [-0.39, 0.29) is 48.8 Å². The molecule has 3 N–H and O–H groups in total. The van der Waals surface area contributed by atoms with Crippen molar-refractivity contribution in [1.82, 2.24) is 4.90 Å². The molecule has 1 amide bonds. The van der Waals surface area contributed by atoms with Crippen LogP contribution in [-0.4, -0.2) is 68.4 Å². The Bertz CT molecular complexity index is 1390. The molecule has 12 heteroatoms. The first-order chi connectivity index (χ1) is 18.8. The van der Waals surface area contributed by atoms with Gasteiger partial charge in [0.1, 0.15) is 11.5 Å². The van der Waals surface area contributed by atoms with Crippen molar-refractivity contribution in [2.45, 2.75) is 37.3 Å². The first kappa shape index (κ1) is 29.5. The molecular formula is C28H32F3N3O5S. The quantitative estimate of drug-likeness (QED) is 0.210. The Balaban J connectivity index is 1.45. The highest BCUT2D eigenvalue weighted by molar-refractivity contribution is 7.92. The molecular weight excluding hydrogens is 547 g/mol. The highest BCUT2D eigenvalue weighted by Crippen LogP contribution is 2.37. The van der Waals surface area contributed by atoms with Crippen molar-refractivity contribution >= 4 is 32.9 Å². The van der Waals surface area contributed by atoms with Crippen LogP contribution in [0, 0.1) is 0 Å². The van der Waals surface area contributed by atoms with Gasteiger partial charge < -0.3 is 20.1 Å². The van der Waals surface area contributed by atoms with Crippen LogP contribution in [0.5, 0.6) is 5.75 Å². The van der Waals surface area contributed by atoms with E-state index in [0.29, 0.717) is 31.6 Å². The topological polar surface area (TPSA) is 108 Å². The van der Waals surface area contributed by atoms with E-state index in [0.717, 1.165) is 17.9 Å². The minimum absolute atomic E-state index is 0.0757. The molecule has 8 nitrogen and oxygen atoms in total. The molecule has 0 bridgehead atoms. The van der Waals surface area contributed by atoms with Crippen LogP contribution in [0.2, 0.25) is 0 Å². The van der Waals surface area contributed by atoms with Gasteiger partial charge in [-0.15, -0.1) is 0 Å². The molecule has 1 unspecified atom stereocenters. The Labute approximate surface area is 231 Å². The molecule has 40 heavy (non-hydrogen) atoms. The molecule has 0 radical (unpaired) electrons. The van der Waals surface area contributed by atoms with Crippen molar-refractivity contribution in [3.8, 4) is 5.75 Å². The Morgan fingerprint density at radius 3 is 2.48 bits per heavy atom. The summed E-state index contributed by atoms with van der Waals surface area (Å²) in [7, 11) is -3.71. The number of carbonyl (C=O) groups is 1. The van der Waals surface area contributed by atoms with Gasteiger partial charge in [-0.25, -0.2) is 21.6 Å². The number of anilines is 2. The number of hydrogen-bond donors (Lipinski definition) is 3. The minimum atomic E-state index is -3.71. The molecule has 1 atom stereocenters. The third-order valence-electron chi connectivity index (χ3n) is 6.73. The van der Waals surface area contributed by atoms with E-state index in [4.69, 9.17) is 4.74 Å². The fraction of sp³-hybridized carbons (Fsp3) is 0.393. The van der Waals surface area contributed by atoms with E-state index in [1.54, 1.807) is 0 Å². The molecule has 4 rings (SSSR count). The van der Waals surface area contributed by atoms with Crippen molar-refractivity contribution in [2.24, 2.45) is 0 Å². The number of piperidine rings is 1. The first-order valence-electron chi connectivity index (χ1n) is 12.9. The van der Waals surface area contributed by atoms with Gasteiger partial charge in [0, 0.05) is 43.7 Å². The lowest BCUT2D eigenvalue weighted by Crippen LogP contribution is -2.40. The summed E-state index contributed by atoms with van der Waals surface area (Å²) in [6, 6.07) is 12.9. The van der Waals surface area contributed by atoms with Gasteiger partial charge in [-0.3, -0.25) is 9.52 Å². The van der Waals surface area contributed by atoms with Crippen molar-refractivity contribution in [2.75, 3.05) is 42.5 Å². The van der Waals surface area contributed by atoms with Crippen LogP contribution in [0.1, 0.15) is 31.2 Å². The number of sulfonamides is 1. The Hall–Kier alpha value is -3.51. The lowest BCUT2D eigenvalue weighted by Gasteiger charge is -2.32. The molecule has 1 fully saturated rings. The van der Waals surface area contributed by atoms with Gasteiger partial charge in [0.2, 0.25) is 15.7 Å². The first-order valence-corrected chi connectivity index (χ1v) is 14.7. The number of phenols is 1. The number of hydrogen-bond acceptors (Lipinski definition) is 6. The van der Waals surface area contributed by atoms with Crippen LogP contribution in [0.25, 0.3) is 5.57 Å². The van der Waals surface area contributed by atoms with Crippen LogP contribution >= 0.6 is 0 Å². The normalized spacial score (nSPS) is 21.2. The van der Waals surface area contributed by atoms with E-state index in [2.05, 4.69) is 10.0 Å². The van der Waals surface area contributed by atoms with Gasteiger partial charge in [-0.05, 0) is 36.3 Å². The smallest absolute Gasteiger partial charge is 0.266 e. The van der Waals surface area contributed by atoms with Crippen LogP contribution in [0.3, 0.4) is 0 Å². The van der Waals surface area contributed by atoms with Crippen molar-refractivity contribution in [3.05, 3.63) is 72.0 Å². The van der Waals surface area contributed by atoms with Gasteiger partial charge in [0.25, 0.3) is 11.8 Å². The number of aromatic hydroxyl groups is 1. The van der Waals surface area contributed by atoms with Gasteiger partial charge >= 0.3 is 0 Å². The molecule has 2 aromatic rings. The Kier molecular flexibility index (Phi) is 8.79. The second-order valence-electron chi connectivity index (χ2n) is 10.0. The van der Waals surface area contributed by atoms with E-state index in [1.807, 2.05) is 35.2 Å². The number of rotatable bonds is 10. The number of likely N-dealkylation sites (tertiary alicyclic amines) is 1. The summed E-state index contributed by atoms with van der Waals surface area (Å²) in [5.74, 6) is -3.70. The zero-order valence-electron chi connectivity index (χ0n) is 22.0. The molecule has 1 aliphatic carbocycles. The van der Waals surface area contributed by atoms with Gasteiger partial charge in [0.05, 0.1) is 25.0 Å². The molecule has 1 saturated heterocycles. The number of ether oxygens (including phenoxy) is 1. The summed E-state index contributed by atoms with van der Waals surface area (Å²) in [4.78, 5) is 15.0. The summed E-state index contributed by atoms with van der Waals surface area (Å²) in [6.45, 7) is 1.38. The number of amides is 1. The highest BCUT2D eigenvalue weighted by Gasteiger charge is 2.41. The Morgan fingerprint density at radius 1 is 1.10 bits per heavy atom. The second kappa shape index (κ2) is 11.9. The fourth-order valence-corrected chi connectivity index (χ4v) is 5.14. The molecule has 0 saturated carbocycles. The van der Waals surface area contributed by atoms with Crippen molar-refractivity contribution < 1.29 is 36.2 Å². The number of alkyl halides is 3. The maximum absolute atomic E-state index is 16.1. The maximum atomic E-state index is 16.1. The number of nitrogens with one attached hydrogen (secondary N) is 2. The number of carbonyl (C=O) groups excluding carboxylic acids is 1. The average Bonchev–Trinajstić information content (AvgIpc) is 2.89. The monoisotopic (exact) mass is 579 g/mol. The molecule has 1 aliphatic heterocycles. The summed E-state index contributed by atoms with van der Waals surface area (Å²) < 4.78 is 74.2. The van der Waals surface area contributed by atoms with E-state index < -0.39 is 27.5 Å². The van der Waals surface area contributed by atoms with E-state index in [1.165, 1.54) is 24.3 Å². The van der Waals surface area contributed by atoms with Gasteiger partial charge in [-0.1, -0.05) is 36.4 Å². The minimum Gasteiger partial charge on any atom is -0.506 e. The third-order valence-corrected chi connectivity index (χ3v) is 7.32. The molecule has 2 aromatic carbocycles. The lowest BCUT2D eigenvalue weighted by molar-refractivity contribution is -0.125. The standard InChI is InChI=1S/C28H32F3N3O5S/c1-40(37,38)33-23-18-21(8-9-24(23)35)32-26(36)27(29)11-10-22(20-6-3-2-4-7-20)25(19-27)39-17-5-14-34-15-12-28(30,31)13-16-34/h2-4,6-11,18,33,35H,5,12-17,19H2,1H3,(H,32,36). The van der Waals surface area contributed by atoms with E-state index in [9.17, 15) is 27.1 Å². The third kappa shape index (κ3) is 7.79. The van der Waals surface area contributed by atoms with E-state index >= 15 is 4.39 Å². The molecule has 0 aromatic heterocycles. The highest BCUT2D eigenvalue weighted by atomic mass is 32.2. The number of nitrogens with zero attached hydrogens (tertiary/aromatic N) is 1.